The van der Waals surface area contributed by atoms with Crippen molar-refractivity contribution in [3.05, 3.63) is 17.0 Å². The van der Waals surface area contributed by atoms with E-state index in [2.05, 4.69) is 30.8 Å². The first-order valence-electron chi connectivity index (χ1n) is 6.51. The summed E-state index contributed by atoms with van der Waals surface area (Å²) in [5.74, 6) is 0. The lowest BCUT2D eigenvalue weighted by molar-refractivity contribution is 0.292. The zero-order valence-electron chi connectivity index (χ0n) is 11.7. The molecule has 1 rings (SSSR count). The van der Waals surface area contributed by atoms with Crippen LogP contribution in [0.25, 0.3) is 0 Å². The van der Waals surface area contributed by atoms with E-state index in [1.165, 1.54) is 23.4 Å². The summed E-state index contributed by atoms with van der Waals surface area (Å²) in [4.78, 5) is 2.40. The van der Waals surface area contributed by atoms with Gasteiger partial charge in [0.05, 0.1) is 5.69 Å². The van der Waals surface area contributed by atoms with Crippen molar-refractivity contribution in [3.63, 3.8) is 0 Å². The molecule has 17 heavy (non-hydrogen) atoms. The molecule has 2 N–H and O–H groups in total. The third kappa shape index (κ3) is 3.82. The maximum atomic E-state index is 5.58. The smallest absolute Gasteiger partial charge is 0.0628 e. The monoisotopic (exact) mass is 238 g/mol. The van der Waals surface area contributed by atoms with Gasteiger partial charge in [-0.1, -0.05) is 6.92 Å². The number of rotatable bonds is 7. The van der Waals surface area contributed by atoms with Crippen molar-refractivity contribution in [2.24, 2.45) is 12.8 Å². The van der Waals surface area contributed by atoms with Crippen LogP contribution in [-0.2, 0) is 13.5 Å². The first-order valence-corrected chi connectivity index (χ1v) is 6.51. The summed E-state index contributed by atoms with van der Waals surface area (Å²) in [7, 11) is 2.01. The Kier molecular flexibility index (Phi) is 5.65. The fourth-order valence-electron chi connectivity index (χ4n) is 2.27. The molecule has 0 amide bonds. The predicted octanol–water partition coefficient (Wildman–Crippen LogP) is 1.25. The summed E-state index contributed by atoms with van der Waals surface area (Å²) in [6.45, 7) is 10.4. The maximum absolute atomic E-state index is 5.58. The molecule has 0 saturated heterocycles. The van der Waals surface area contributed by atoms with Crippen molar-refractivity contribution in [3.8, 4) is 0 Å². The minimum atomic E-state index is 0.749. The number of nitrogens with two attached hydrogens (primary N) is 1. The minimum absolute atomic E-state index is 0.749. The van der Waals surface area contributed by atoms with Gasteiger partial charge in [0.15, 0.2) is 0 Å². The fraction of sp³-hybridized carbons (Fsp3) is 0.769. The summed E-state index contributed by atoms with van der Waals surface area (Å²) in [5, 5.41) is 4.45. The van der Waals surface area contributed by atoms with Crippen molar-refractivity contribution < 1.29 is 0 Å². The van der Waals surface area contributed by atoms with Crippen LogP contribution in [-0.4, -0.2) is 40.9 Å². The number of aromatic nitrogens is 2. The van der Waals surface area contributed by atoms with Crippen LogP contribution in [0.1, 0.15) is 30.3 Å². The van der Waals surface area contributed by atoms with Gasteiger partial charge in [-0.25, -0.2) is 0 Å². The fourth-order valence-corrected chi connectivity index (χ4v) is 2.27. The molecule has 0 aliphatic carbocycles. The molecule has 4 heteroatoms. The molecule has 0 aliphatic heterocycles. The predicted molar refractivity (Wildman–Crippen MR) is 72.2 cm³/mol. The average Bonchev–Trinajstić information content (AvgIpc) is 2.54. The highest BCUT2D eigenvalue weighted by atomic mass is 15.3. The summed E-state index contributed by atoms with van der Waals surface area (Å²) in [6, 6.07) is 0. The second-order valence-corrected chi connectivity index (χ2v) is 4.60. The van der Waals surface area contributed by atoms with Gasteiger partial charge in [0, 0.05) is 25.8 Å². The molecule has 1 aromatic heterocycles. The van der Waals surface area contributed by atoms with E-state index < -0.39 is 0 Å². The van der Waals surface area contributed by atoms with Crippen LogP contribution in [0.5, 0.6) is 0 Å². The minimum Gasteiger partial charge on any atom is -0.329 e. The number of aryl methyl sites for hydroxylation is 2. The van der Waals surface area contributed by atoms with E-state index in [1.54, 1.807) is 0 Å². The van der Waals surface area contributed by atoms with Crippen LogP contribution in [0.2, 0.25) is 0 Å². The molecule has 0 atom stereocenters. The molecule has 4 nitrogen and oxygen atoms in total. The number of hydrogen-bond donors (Lipinski definition) is 1. The molecule has 0 aromatic carbocycles. The Balaban J connectivity index is 2.45. The SMILES string of the molecule is CCN(CCN)CCCc1c(C)nn(C)c1C. The van der Waals surface area contributed by atoms with Crippen LogP contribution >= 0.6 is 0 Å². The molecule has 0 spiro atoms. The van der Waals surface area contributed by atoms with E-state index in [1.807, 2.05) is 11.7 Å². The molecule has 0 radical (unpaired) electrons. The molecule has 1 heterocycles. The van der Waals surface area contributed by atoms with Crippen LogP contribution < -0.4 is 5.73 Å². The number of hydrogen-bond acceptors (Lipinski definition) is 3. The van der Waals surface area contributed by atoms with Gasteiger partial charge in [0.25, 0.3) is 0 Å². The highest BCUT2D eigenvalue weighted by Crippen LogP contribution is 2.14. The highest BCUT2D eigenvalue weighted by Gasteiger charge is 2.09. The lowest BCUT2D eigenvalue weighted by Gasteiger charge is -2.19. The second-order valence-electron chi connectivity index (χ2n) is 4.60. The van der Waals surface area contributed by atoms with Gasteiger partial charge in [-0.3, -0.25) is 4.68 Å². The van der Waals surface area contributed by atoms with Crippen LogP contribution in [0, 0.1) is 13.8 Å². The summed E-state index contributed by atoms with van der Waals surface area (Å²) < 4.78 is 1.97. The lowest BCUT2D eigenvalue weighted by Crippen LogP contribution is -2.30. The Morgan fingerprint density at radius 3 is 2.47 bits per heavy atom. The molecule has 0 bridgehead atoms. The Labute approximate surface area is 105 Å². The van der Waals surface area contributed by atoms with Gasteiger partial charge < -0.3 is 10.6 Å². The van der Waals surface area contributed by atoms with Crippen molar-refractivity contribution in [2.45, 2.75) is 33.6 Å². The Morgan fingerprint density at radius 2 is 2.00 bits per heavy atom. The molecular weight excluding hydrogens is 212 g/mol. The third-order valence-electron chi connectivity index (χ3n) is 3.45. The van der Waals surface area contributed by atoms with E-state index >= 15 is 0 Å². The van der Waals surface area contributed by atoms with Gasteiger partial charge in [0.1, 0.15) is 0 Å². The Morgan fingerprint density at radius 1 is 1.29 bits per heavy atom. The molecular formula is C13H26N4. The van der Waals surface area contributed by atoms with Gasteiger partial charge in [-0.05, 0) is 45.3 Å². The molecule has 0 fully saturated rings. The van der Waals surface area contributed by atoms with E-state index in [4.69, 9.17) is 5.73 Å². The molecule has 98 valence electrons. The van der Waals surface area contributed by atoms with Crippen molar-refractivity contribution in [1.82, 2.24) is 14.7 Å². The second kappa shape index (κ2) is 6.77. The highest BCUT2D eigenvalue weighted by molar-refractivity contribution is 5.24. The molecule has 0 saturated carbocycles. The van der Waals surface area contributed by atoms with Crippen LogP contribution in [0.4, 0.5) is 0 Å². The van der Waals surface area contributed by atoms with E-state index in [-0.39, 0.29) is 0 Å². The van der Waals surface area contributed by atoms with Crippen molar-refractivity contribution in [2.75, 3.05) is 26.2 Å². The average molecular weight is 238 g/mol. The number of likely N-dealkylation sites (N-methyl/N-ethyl adjacent to an activating group) is 1. The van der Waals surface area contributed by atoms with E-state index in [0.29, 0.717) is 0 Å². The standard InChI is InChI=1S/C13H26N4/c1-5-17(10-8-14)9-6-7-13-11(2)15-16(4)12(13)3/h5-10,14H2,1-4H3. The zero-order chi connectivity index (χ0) is 12.8. The van der Waals surface area contributed by atoms with E-state index in [9.17, 15) is 0 Å². The first-order chi connectivity index (χ1) is 8.10. The van der Waals surface area contributed by atoms with Gasteiger partial charge in [0.2, 0.25) is 0 Å². The van der Waals surface area contributed by atoms with E-state index in [0.717, 1.165) is 32.6 Å². The van der Waals surface area contributed by atoms with Gasteiger partial charge in [-0.2, -0.15) is 5.10 Å². The third-order valence-corrected chi connectivity index (χ3v) is 3.45. The summed E-state index contributed by atoms with van der Waals surface area (Å²) in [5.41, 5.74) is 9.47. The first kappa shape index (κ1) is 14.2. The number of nitrogens with zero attached hydrogens (tertiary/aromatic N) is 3. The Hall–Kier alpha value is -0.870. The van der Waals surface area contributed by atoms with Crippen LogP contribution in [0.15, 0.2) is 0 Å². The zero-order valence-corrected chi connectivity index (χ0v) is 11.7. The normalized spacial score (nSPS) is 11.4. The molecule has 0 aliphatic rings. The van der Waals surface area contributed by atoms with Gasteiger partial charge >= 0.3 is 0 Å². The quantitative estimate of drug-likeness (QED) is 0.777. The Bertz CT molecular complexity index is 343. The maximum Gasteiger partial charge on any atom is 0.0628 e. The van der Waals surface area contributed by atoms with Crippen molar-refractivity contribution >= 4 is 0 Å². The molecule has 1 aromatic rings. The van der Waals surface area contributed by atoms with Crippen LogP contribution in [0.3, 0.4) is 0 Å². The molecule has 0 unspecified atom stereocenters. The summed E-state index contributed by atoms with van der Waals surface area (Å²) >= 11 is 0. The van der Waals surface area contributed by atoms with Gasteiger partial charge in [-0.15, -0.1) is 0 Å². The lowest BCUT2D eigenvalue weighted by atomic mass is 10.1. The topological polar surface area (TPSA) is 47.1 Å². The van der Waals surface area contributed by atoms with Crippen molar-refractivity contribution in [1.29, 1.82) is 0 Å². The summed E-state index contributed by atoms with van der Waals surface area (Å²) in [6.07, 6.45) is 2.30. The largest absolute Gasteiger partial charge is 0.329 e.